The van der Waals surface area contributed by atoms with Gasteiger partial charge in [-0.1, -0.05) is 11.6 Å². The number of amides is 1. The molecule has 2 aliphatic rings. The summed E-state index contributed by atoms with van der Waals surface area (Å²) in [6, 6.07) is 3.64. The predicted octanol–water partition coefficient (Wildman–Crippen LogP) is 2.71. The zero-order chi connectivity index (χ0) is 19.1. The van der Waals surface area contributed by atoms with Crippen LogP contribution in [0.25, 0.3) is 5.57 Å². The molecule has 6 nitrogen and oxygen atoms in total. The monoisotopic (exact) mass is 378 g/mol. The van der Waals surface area contributed by atoms with Crippen molar-refractivity contribution in [3.05, 3.63) is 39.6 Å². The minimum Gasteiger partial charge on any atom is -0.430 e. The molecule has 1 spiro atoms. The Morgan fingerprint density at radius 3 is 2.27 bits per heavy atom. The molecule has 3 rings (SSSR count). The maximum absolute atomic E-state index is 13.2. The maximum Gasteiger partial charge on any atom is 0.298 e. The fraction of sp³-hybridized carbons (Fsp3) is 0.474. The number of hydroxylamine groups is 2. The van der Waals surface area contributed by atoms with E-state index in [1.165, 1.54) is 0 Å². The average molecular weight is 379 g/mol. The van der Waals surface area contributed by atoms with Crippen molar-refractivity contribution in [2.45, 2.75) is 32.2 Å². The number of rotatable bonds is 4. The topological polar surface area (TPSA) is 59.1 Å². The van der Waals surface area contributed by atoms with Crippen LogP contribution in [0.3, 0.4) is 0 Å². The molecule has 0 unspecified atom stereocenters. The molecule has 0 aliphatic carbocycles. The van der Waals surface area contributed by atoms with Gasteiger partial charge in [-0.3, -0.25) is 9.59 Å². The molecule has 0 N–H and O–H groups in total. The van der Waals surface area contributed by atoms with E-state index in [1.54, 1.807) is 19.1 Å². The number of aryl methyl sites for hydroxylation is 2. The SMILES string of the molecule is CON1CCC2(CC1)C(OC=O)=C(c1c(C)cc(Cl)cc1C)C(=O)N2C. The molecule has 0 bridgehead atoms. The third-order valence-corrected chi connectivity index (χ3v) is 5.75. The standard InChI is InChI=1S/C19H23ClN2O4/c1-12-9-14(20)10-13(2)15(12)16-17(26-11-23)19(21(3)18(16)24)5-7-22(25-4)8-6-19/h9-11H,5-8H2,1-4H3. The van der Waals surface area contributed by atoms with Crippen LogP contribution >= 0.6 is 11.6 Å². The Morgan fingerprint density at radius 1 is 1.19 bits per heavy atom. The molecule has 1 amide bonds. The molecule has 0 aromatic heterocycles. The second kappa shape index (κ2) is 7.02. The maximum atomic E-state index is 13.2. The Bertz CT molecular complexity index is 759. The van der Waals surface area contributed by atoms with Crippen LogP contribution in [0.4, 0.5) is 0 Å². The van der Waals surface area contributed by atoms with Gasteiger partial charge in [-0.05, 0) is 55.5 Å². The van der Waals surface area contributed by atoms with Gasteiger partial charge in [0.1, 0.15) is 11.3 Å². The molecule has 1 aromatic carbocycles. The summed E-state index contributed by atoms with van der Waals surface area (Å²) in [6.45, 7) is 5.52. The van der Waals surface area contributed by atoms with Gasteiger partial charge in [0.15, 0.2) is 0 Å². The van der Waals surface area contributed by atoms with Gasteiger partial charge in [0.05, 0.1) is 12.7 Å². The minimum absolute atomic E-state index is 0.138. The van der Waals surface area contributed by atoms with Crippen LogP contribution in [0.1, 0.15) is 29.5 Å². The first-order valence-corrected chi connectivity index (χ1v) is 8.93. The first-order valence-electron chi connectivity index (χ1n) is 8.55. The summed E-state index contributed by atoms with van der Waals surface area (Å²) in [7, 11) is 3.40. The lowest BCUT2D eigenvalue weighted by Crippen LogP contribution is -2.53. The molecule has 1 saturated heterocycles. The summed E-state index contributed by atoms with van der Waals surface area (Å²) in [6.07, 6.45) is 1.25. The van der Waals surface area contributed by atoms with Crippen molar-refractivity contribution in [2.75, 3.05) is 27.2 Å². The molecule has 140 valence electrons. The second-order valence-corrected chi connectivity index (χ2v) is 7.28. The smallest absolute Gasteiger partial charge is 0.298 e. The fourth-order valence-corrected chi connectivity index (χ4v) is 4.51. The number of piperidine rings is 1. The lowest BCUT2D eigenvalue weighted by molar-refractivity contribution is -0.163. The van der Waals surface area contributed by atoms with Gasteiger partial charge >= 0.3 is 0 Å². The van der Waals surface area contributed by atoms with E-state index in [0.29, 0.717) is 48.8 Å². The number of benzene rings is 1. The van der Waals surface area contributed by atoms with E-state index in [2.05, 4.69) is 0 Å². The Morgan fingerprint density at radius 2 is 1.77 bits per heavy atom. The van der Waals surface area contributed by atoms with Crippen LogP contribution in [0, 0.1) is 13.8 Å². The number of carbonyl (C=O) groups excluding carboxylic acids is 2. The molecule has 0 atom stereocenters. The highest BCUT2D eigenvalue weighted by Gasteiger charge is 2.53. The first-order chi connectivity index (χ1) is 12.4. The minimum atomic E-state index is -0.638. The van der Waals surface area contributed by atoms with Crippen molar-refractivity contribution in [1.82, 2.24) is 9.96 Å². The Kier molecular flexibility index (Phi) is 5.10. The number of nitrogens with zero attached hydrogens (tertiary/aromatic N) is 2. The van der Waals surface area contributed by atoms with Crippen molar-refractivity contribution in [3.63, 3.8) is 0 Å². The van der Waals surface area contributed by atoms with Crippen molar-refractivity contribution in [1.29, 1.82) is 0 Å². The highest BCUT2D eigenvalue weighted by atomic mass is 35.5. The summed E-state index contributed by atoms with van der Waals surface area (Å²) in [5, 5.41) is 2.46. The van der Waals surface area contributed by atoms with E-state index in [4.69, 9.17) is 21.2 Å². The summed E-state index contributed by atoms with van der Waals surface area (Å²) >= 11 is 6.15. The van der Waals surface area contributed by atoms with E-state index in [0.717, 1.165) is 16.7 Å². The lowest BCUT2D eigenvalue weighted by atomic mass is 9.84. The van der Waals surface area contributed by atoms with E-state index in [9.17, 15) is 9.59 Å². The largest absolute Gasteiger partial charge is 0.430 e. The molecule has 2 heterocycles. The highest BCUT2D eigenvalue weighted by Crippen LogP contribution is 2.47. The van der Waals surface area contributed by atoms with Crippen LogP contribution in [-0.4, -0.2) is 55.1 Å². The highest BCUT2D eigenvalue weighted by molar-refractivity contribution is 6.31. The molecular weight excluding hydrogens is 356 g/mol. The van der Waals surface area contributed by atoms with Crippen LogP contribution in [0.2, 0.25) is 5.02 Å². The van der Waals surface area contributed by atoms with E-state index in [-0.39, 0.29) is 5.91 Å². The molecule has 0 radical (unpaired) electrons. The molecule has 2 aliphatic heterocycles. The van der Waals surface area contributed by atoms with Gasteiger partial charge in [0.2, 0.25) is 0 Å². The zero-order valence-corrected chi connectivity index (χ0v) is 16.2. The molecule has 1 aromatic rings. The van der Waals surface area contributed by atoms with E-state index >= 15 is 0 Å². The predicted molar refractivity (Wildman–Crippen MR) is 98.3 cm³/mol. The molecule has 7 heteroatoms. The van der Waals surface area contributed by atoms with Gasteiger partial charge in [-0.25, -0.2) is 0 Å². The van der Waals surface area contributed by atoms with E-state index in [1.807, 2.05) is 31.0 Å². The number of ether oxygens (including phenoxy) is 1. The fourth-order valence-electron chi connectivity index (χ4n) is 4.19. The van der Waals surface area contributed by atoms with Gasteiger partial charge in [-0.15, -0.1) is 0 Å². The van der Waals surface area contributed by atoms with Crippen molar-refractivity contribution >= 4 is 29.6 Å². The van der Waals surface area contributed by atoms with Crippen molar-refractivity contribution in [3.8, 4) is 0 Å². The summed E-state index contributed by atoms with van der Waals surface area (Å²) < 4.78 is 5.46. The molecular formula is C19H23ClN2O4. The Labute approximate surface area is 158 Å². The number of carbonyl (C=O) groups is 2. The third kappa shape index (κ3) is 2.82. The quantitative estimate of drug-likeness (QED) is 0.754. The Balaban J connectivity index is 2.18. The number of hydrogen-bond donors (Lipinski definition) is 0. The number of likely N-dealkylation sites (N-methyl/N-ethyl adjacent to an activating group) is 1. The lowest BCUT2D eigenvalue weighted by Gasteiger charge is -2.43. The summed E-state index contributed by atoms with van der Waals surface area (Å²) in [5.41, 5.74) is 2.36. The number of halogens is 1. The van der Waals surface area contributed by atoms with Crippen molar-refractivity contribution < 1.29 is 19.2 Å². The van der Waals surface area contributed by atoms with Gasteiger partial charge in [-0.2, -0.15) is 5.06 Å². The van der Waals surface area contributed by atoms with Crippen molar-refractivity contribution in [2.24, 2.45) is 0 Å². The summed E-state index contributed by atoms with van der Waals surface area (Å²) in [4.78, 5) is 31.5. The van der Waals surface area contributed by atoms with Gasteiger partial charge < -0.3 is 14.5 Å². The van der Waals surface area contributed by atoms with E-state index < -0.39 is 5.54 Å². The molecule has 26 heavy (non-hydrogen) atoms. The zero-order valence-electron chi connectivity index (χ0n) is 15.5. The Hall–Kier alpha value is -1.89. The van der Waals surface area contributed by atoms with Crippen LogP contribution < -0.4 is 0 Å². The first kappa shape index (κ1) is 18.9. The summed E-state index contributed by atoms with van der Waals surface area (Å²) in [5.74, 6) is 0.297. The average Bonchev–Trinajstić information content (AvgIpc) is 2.79. The number of hydrogen-bond acceptors (Lipinski definition) is 5. The van der Waals surface area contributed by atoms with Gasteiger partial charge in [0, 0.05) is 25.2 Å². The van der Waals surface area contributed by atoms with Gasteiger partial charge in [0.25, 0.3) is 12.4 Å². The normalized spacial score (nSPS) is 20.2. The van der Waals surface area contributed by atoms with Crippen LogP contribution in [-0.2, 0) is 19.2 Å². The molecule has 1 fully saturated rings. The van der Waals surface area contributed by atoms with Crippen LogP contribution in [0.15, 0.2) is 17.9 Å². The van der Waals surface area contributed by atoms with Crippen LogP contribution in [0.5, 0.6) is 0 Å². The third-order valence-electron chi connectivity index (χ3n) is 5.53. The second-order valence-electron chi connectivity index (χ2n) is 6.84. The molecule has 0 saturated carbocycles.